The van der Waals surface area contributed by atoms with Gasteiger partial charge in [0, 0.05) is 18.8 Å². The minimum Gasteiger partial charge on any atom is -0.389 e. The highest BCUT2D eigenvalue weighted by Crippen LogP contribution is 2.15. The van der Waals surface area contributed by atoms with Crippen LogP contribution in [0.15, 0.2) is 30.3 Å². The molecule has 1 aromatic carbocycles. The van der Waals surface area contributed by atoms with Crippen LogP contribution >= 0.6 is 0 Å². The van der Waals surface area contributed by atoms with E-state index in [0.717, 1.165) is 5.56 Å². The zero-order chi connectivity index (χ0) is 15.7. The molecule has 2 unspecified atom stereocenters. The predicted molar refractivity (Wildman–Crippen MR) is 84.0 cm³/mol. The number of rotatable bonds is 10. The molecular formula is C15H25NO4S. The van der Waals surface area contributed by atoms with Crippen molar-refractivity contribution in [3.63, 3.8) is 0 Å². The van der Waals surface area contributed by atoms with Crippen LogP contribution in [0, 0.1) is 0 Å². The van der Waals surface area contributed by atoms with Gasteiger partial charge in [0.25, 0.3) is 0 Å². The minimum atomic E-state index is -2.95. The molecule has 6 heteroatoms. The van der Waals surface area contributed by atoms with Crippen molar-refractivity contribution in [2.24, 2.45) is 0 Å². The van der Waals surface area contributed by atoms with E-state index < -0.39 is 15.9 Å². The van der Waals surface area contributed by atoms with Crippen molar-refractivity contribution in [3.8, 4) is 0 Å². The highest BCUT2D eigenvalue weighted by molar-refractivity contribution is 7.91. The quantitative estimate of drug-likeness (QED) is 0.634. The van der Waals surface area contributed by atoms with E-state index in [4.69, 9.17) is 4.74 Å². The van der Waals surface area contributed by atoms with E-state index >= 15 is 0 Å². The van der Waals surface area contributed by atoms with Gasteiger partial charge in [-0.15, -0.1) is 0 Å². The highest BCUT2D eigenvalue weighted by Gasteiger charge is 2.10. The number of aliphatic hydroxyl groups excluding tert-OH is 1. The third kappa shape index (κ3) is 7.57. The Balaban J connectivity index is 2.18. The molecule has 2 atom stereocenters. The van der Waals surface area contributed by atoms with E-state index in [-0.39, 0.29) is 24.2 Å². The molecule has 0 spiro atoms. The van der Waals surface area contributed by atoms with Gasteiger partial charge < -0.3 is 15.2 Å². The lowest BCUT2D eigenvalue weighted by Crippen LogP contribution is -2.33. The molecule has 0 saturated heterocycles. The summed E-state index contributed by atoms with van der Waals surface area (Å²) in [6.45, 7) is 4.44. The largest absolute Gasteiger partial charge is 0.389 e. The summed E-state index contributed by atoms with van der Waals surface area (Å²) < 4.78 is 28.2. The van der Waals surface area contributed by atoms with Gasteiger partial charge in [0.2, 0.25) is 0 Å². The van der Waals surface area contributed by atoms with Gasteiger partial charge >= 0.3 is 0 Å². The van der Waals surface area contributed by atoms with Gasteiger partial charge in [-0.3, -0.25) is 0 Å². The average Bonchev–Trinajstić information content (AvgIpc) is 2.50. The molecule has 120 valence electrons. The second-order valence-electron chi connectivity index (χ2n) is 4.98. The molecular weight excluding hydrogens is 290 g/mol. The van der Waals surface area contributed by atoms with Gasteiger partial charge in [-0.05, 0) is 12.5 Å². The molecule has 0 saturated carbocycles. The van der Waals surface area contributed by atoms with E-state index in [1.54, 1.807) is 6.92 Å². The minimum absolute atomic E-state index is 0.0821. The topological polar surface area (TPSA) is 75.6 Å². The van der Waals surface area contributed by atoms with Crippen molar-refractivity contribution < 1.29 is 18.3 Å². The van der Waals surface area contributed by atoms with Crippen LogP contribution in [0.25, 0.3) is 0 Å². The van der Waals surface area contributed by atoms with Crippen molar-refractivity contribution in [1.29, 1.82) is 0 Å². The number of sulfone groups is 1. The molecule has 1 aromatic rings. The summed E-state index contributed by atoms with van der Waals surface area (Å²) in [4.78, 5) is 0. The summed E-state index contributed by atoms with van der Waals surface area (Å²) >= 11 is 0. The Morgan fingerprint density at radius 1 is 1.29 bits per heavy atom. The van der Waals surface area contributed by atoms with Crippen molar-refractivity contribution in [1.82, 2.24) is 5.32 Å². The molecule has 0 bridgehead atoms. The standard InChI is InChI=1S/C15H25NO4S/c1-3-21(18,19)10-9-16-11-15(17)12-20-13(2)14-7-5-4-6-8-14/h4-8,13,15-17H,3,9-12H2,1-2H3. The van der Waals surface area contributed by atoms with Crippen molar-refractivity contribution >= 4 is 9.84 Å². The first-order valence-corrected chi connectivity index (χ1v) is 9.02. The molecule has 0 fully saturated rings. The zero-order valence-electron chi connectivity index (χ0n) is 12.7. The first kappa shape index (κ1) is 18.1. The van der Waals surface area contributed by atoms with Gasteiger partial charge in [0.05, 0.1) is 24.6 Å². The number of hydrogen-bond donors (Lipinski definition) is 2. The molecule has 21 heavy (non-hydrogen) atoms. The van der Waals surface area contributed by atoms with Crippen LogP contribution in [0.5, 0.6) is 0 Å². The van der Waals surface area contributed by atoms with Crippen molar-refractivity contribution in [3.05, 3.63) is 35.9 Å². The predicted octanol–water partition coefficient (Wildman–Crippen LogP) is 1.15. The molecule has 0 radical (unpaired) electrons. The number of ether oxygens (including phenoxy) is 1. The number of hydrogen-bond acceptors (Lipinski definition) is 5. The van der Waals surface area contributed by atoms with Crippen LogP contribution in [0.3, 0.4) is 0 Å². The second kappa shape index (κ2) is 9.15. The van der Waals surface area contributed by atoms with Crippen LogP contribution in [0.2, 0.25) is 0 Å². The summed E-state index contributed by atoms with van der Waals surface area (Å²) in [6.07, 6.45) is -0.734. The third-order valence-electron chi connectivity index (χ3n) is 3.22. The number of aliphatic hydroxyl groups is 1. The zero-order valence-corrected chi connectivity index (χ0v) is 13.5. The molecule has 0 amide bonds. The normalized spacial score (nSPS) is 14.8. The van der Waals surface area contributed by atoms with Crippen LogP contribution in [0.1, 0.15) is 25.5 Å². The Kier molecular flexibility index (Phi) is 7.88. The van der Waals surface area contributed by atoms with E-state index in [9.17, 15) is 13.5 Å². The van der Waals surface area contributed by atoms with E-state index in [0.29, 0.717) is 13.1 Å². The summed E-state index contributed by atoms with van der Waals surface area (Å²) in [6, 6.07) is 9.79. The van der Waals surface area contributed by atoms with E-state index in [1.807, 2.05) is 37.3 Å². The summed E-state index contributed by atoms with van der Waals surface area (Å²) in [5.41, 5.74) is 1.06. The fourth-order valence-electron chi connectivity index (χ4n) is 1.78. The lowest BCUT2D eigenvalue weighted by atomic mass is 10.1. The van der Waals surface area contributed by atoms with Gasteiger partial charge in [-0.1, -0.05) is 37.3 Å². The molecule has 0 aliphatic heterocycles. The molecule has 0 aliphatic carbocycles. The third-order valence-corrected chi connectivity index (χ3v) is 4.92. The molecule has 1 rings (SSSR count). The SMILES string of the molecule is CCS(=O)(=O)CCNCC(O)COC(C)c1ccccc1. The molecule has 0 aromatic heterocycles. The fourth-order valence-corrected chi connectivity index (χ4v) is 2.52. The first-order chi connectivity index (χ1) is 9.94. The maximum absolute atomic E-state index is 11.3. The Bertz CT molecular complexity index is 490. The summed E-state index contributed by atoms with van der Waals surface area (Å²) in [5, 5.41) is 12.7. The van der Waals surface area contributed by atoms with Crippen molar-refractivity contribution in [2.45, 2.75) is 26.1 Å². The second-order valence-corrected chi connectivity index (χ2v) is 7.45. The van der Waals surface area contributed by atoms with Gasteiger partial charge in [0.15, 0.2) is 9.84 Å². The van der Waals surface area contributed by atoms with Gasteiger partial charge in [-0.2, -0.15) is 0 Å². The Labute approximate surface area is 127 Å². The van der Waals surface area contributed by atoms with Crippen LogP contribution in [0.4, 0.5) is 0 Å². The maximum Gasteiger partial charge on any atom is 0.151 e. The Morgan fingerprint density at radius 2 is 1.95 bits per heavy atom. The summed E-state index contributed by atoms with van der Waals surface area (Å²) in [7, 11) is -2.95. The summed E-state index contributed by atoms with van der Waals surface area (Å²) in [5.74, 6) is 0.242. The Morgan fingerprint density at radius 3 is 2.57 bits per heavy atom. The van der Waals surface area contributed by atoms with Crippen LogP contribution in [-0.4, -0.2) is 50.8 Å². The molecule has 0 heterocycles. The van der Waals surface area contributed by atoms with E-state index in [1.165, 1.54) is 0 Å². The lowest BCUT2D eigenvalue weighted by molar-refractivity contribution is -0.00181. The average molecular weight is 315 g/mol. The monoisotopic (exact) mass is 315 g/mol. The molecule has 0 aliphatic rings. The smallest absolute Gasteiger partial charge is 0.151 e. The number of nitrogens with one attached hydrogen (secondary N) is 1. The van der Waals surface area contributed by atoms with E-state index in [2.05, 4.69) is 5.32 Å². The fraction of sp³-hybridized carbons (Fsp3) is 0.600. The van der Waals surface area contributed by atoms with Crippen LogP contribution < -0.4 is 5.32 Å². The molecule has 5 nitrogen and oxygen atoms in total. The first-order valence-electron chi connectivity index (χ1n) is 7.20. The van der Waals surface area contributed by atoms with Crippen LogP contribution in [-0.2, 0) is 14.6 Å². The van der Waals surface area contributed by atoms with Gasteiger partial charge in [-0.25, -0.2) is 8.42 Å². The van der Waals surface area contributed by atoms with Crippen molar-refractivity contribution in [2.75, 3.05) is 31.2 Å². The number of benzene rings is 1. The lowest BCUT2D eigenvalue weighted by Gasteiger charge is -2.17. The Hall–Kier alpha value is -0.950. The molecule has 2 N–H and O–H groups in total. The maximum atomic E-state index is 11.3. The highest BCUT2D eigenvalue weighted by atomic mass is 32.2. The van der Waals surface area contributed by atoms with Gasteiger partial charge in [0.1, 0.15) is 0 Å².